The molecule has 2 aromatic rings. The summed E-state index contributed by atoms with van der Waals surface area (Å²) in [5, 5.41) is 0. The van der Waals surface area contributed by atoms with Gasteiger partial charge >= 0.3 is 0 Å². The molecular formula is C22H22Br2O2. The largest absolute Gasteiger partial charge is 0.344 e. The van der Waals surface area contributed by atoms with E-state index < -0.39 is 0 Å². The summed E-state index contributed by atoms with van der Waals surface area (Å²) in [6, 6.07) is 21.3. The van der Waals surface area contributed by atoms with Crippen LogP contribution in [0.4, 0.5) is 0 Å². The van der Waals surface area contributed by atoms with E-state index in [1.165, 1.54) is 11.1 Å². The van der Waals surface area contributed by atoms with Gasteiger partial charge in [-0.15, -0.1) is 0 Å². The van der Waals surface area contributed by atoms with Crippen LogP contribution in [0.25, 0.3) is 0 Å². The minimum atomic E-state index is -0.390. The van der Waals surface area contributed by atoms with Gasteiger partial charge < -0.3 is 9.47 Å². The summed E-state index contributed by atoms with van der Waals surface area (Å²) in [4.78, 5) is 0. The van der Waals surface area contributed by atoms with Gasteiger partial charge in [0, 0.05) is 25.7 Å². The van der Waals surface area contributed by atoms with Gasteiger partial charge in [-0.2, -0.15) is 0 Å². The monoisotopic (exact) mass is 476 g/mol. The Balaban J connectivity index is 1.36. The van der Waals surface area contributed by atoms with E-state index in [4.69, 9.17) is 9.47 Å². The molecule has 2 nitrogen and oxygen atoms in total. The first kappa shape index (κ1) is 17.4. The molecule has 0 bridgehead atoms. The lowest BCUT2D eigenvalue weighted by molar-refractivity contribution is -0.176. The molecule has 4 heteroatoms. The second-order valence-electron chi connectivity index (χ2n) is 7.90. The van der Waals surface area contributed by atoms with Crippen molar-refractivity contribution in [3.05, 3.63) is 71.8 Å². The number of halogens is 2. The van der Waals surface area contributed by atoms with Crippen LogP contribution >= 0.6 is 31.9 Å². The Labute approximate surface area is 171 Å². The minimum absolute atomic E-state index is 0.107. The molecule has 0 aromatic heterocycles. The van der Waals surface area contributed by atoms with Crippen molar-refractivity contribution < 1.29 is 9.47 Å². The summed E-state index contributed by atoms with van der Waals surface area (Å²) >= 11 is 7.61. The zero-order valence-electron chi connectivity index (χ0n) is 14.5. The van der Waals surface area contributed by atoms with Crippen molar-refractivity contribution in [3.63, 3.8) is 0 Å². The molecule has 0 unspecified atom stereocenters. The summed E-state index contributed by atoms with van der Waals surface area (Å²) in [5.41, 5.74) is 2.63. The predicted octanol–water partition coefficient (Wildman–Crippen LogP) is 5.48. The first-order chi connectivity index (χ1) is 12.6. The van der Waals surface area contributed by atoms with Crippen molar-refractivity contribution in [3.8, 4) is 0 Å². The molecule has 3 fully saturated rings. The molecule has 1 saturated heterocycles. The van der Waals surface area contributed by atoms with E-state index in [2.05, 4.69) is 92.5 Å². The second kappa shape index (κ2) is 6.44. The quantitative estimate of drug-likeness (QED) is 0.543. The molecule has 1 aliphatic heterocycles. The molecule has 4 atom stereocenters. The molecule has 26 heavy (non-hydrogen) atoms. The Bertz CT molecular complexity index is 712. The molecule has 5 rings (SSSR count). The van der Waals surface area contributed by atoms with E-state index in [0.29, 0.717) is 11.8 Å². The number of benzene rings is 2. The highest BCUT2D eigenvalue weighted by molar-refractivity contribution is 9.25. The van der Waals surface area contributed by atoms with Crippen molar-refractivity contribution >= 4 is 31.9 Å². The van der Waals surface area contributed by atoms with E-state index in [9.17, 15) is 0 Å². The molecule has 0 amide bonds. The van der Waals surface area contributed by atoms with Gasteiger partial charge in [0.2, 0.25) is 0 Å². The van der Waals surface area contributed by atoms with Crippen molar-refractivity contribution in [1.29, 1.82) is 0 Å². The van der Waals surface area contributed by atoms with Gasteiger partial charge in [-0.05, 0) is 23.0 Å². The van der Waals surface area contributed by atoms with Crippen LogP contribution in [0.15, 0.2) is 60.7 Å². The highest BCUT2D eigenvalue weighted by atomic mass is 79.9. The van der Waals surface area contributed by atoms with E-state index in [1.807, 2.05) is 0 Å². The predicted molar refractivity (Wildman–Crippen MR) is 110 cm³/mol. The van der Waals surface area contributed by atoms with Crippen molar-refractivity contribution in [1.82, 2.24) is 0 Å². The zero-order chi connectivity index (χ0) is 17.8. The molecule has 0 N–H and O–H groups in total. The highest BCUT2D eigenvalue weighted by Crippen LogP contribution is 2.73. The van der Waals surface area contributed by atoms with Gasteiger partial charge in [-0.3, -0.25) is 0 Å². The van der Waals surface area contributed by atoms with E-state index in [0.717, 1.165) is 25.7 Å². The maximum absolute atomic E-state index is 6.63. The van der Waals surface area contributed by atoms with Crippen LogP contribution in [0.3, 0.4) is 0 Å². The third kappa shape index (κ3) is 3.09. The fraction of sp³-hybridized carbons (Fsp3) is 0.455. The van der Waals surface area contributed by atoms with Crippen LogP contribution in [0.1, 0.15) is 24.0 Å². The lowest BCUT2D eigenvalue weighted by Gasteiger charge is -2.26. The number of hydrogen-bond acceptors (Lipinski definition) is 2. The Morgan fingerprint density at radius 2 is 1.15 bits per heavy atom. The molecule has 1 spiro atoms. The molecule has 2 saturated carbocycles. The maximum atomic E-state index is 6.63. The van der Waals surface area contributed by atoms with Crippen molar-refractivity contribution in [2.24, 2.45) is 11.8 Å². The Morgan fingerprint density at radius 3 is 1.58 bits per heavy atom. The zero-order valence-corrected chi connectivity index (χ0v) is 17.7. The van der Waals surface area contributed by atoms with Crippen LogP contribution in [0.2, 0.25) is 0 Å². The first-order valence-electron chi connectivity index (χ1n) is 9.37. The van der Waals surface area contributed by atoms with Gasteiger partial charge in [0.05, 0.1) is 15.4 Å². The standard InChI is InChI=1S/C22H22Br2O2/c23-22(24)17-13-21(14-18(17)22)25-19(11-15-7-3-1-4-8-15)20(26-21)12-16-9-5-2-6-10-16/h1-10,17-20H,11-14H2/t17-,18+,19-,20-/m1/s1. The number of fused-ring (bicyclic) bond motifs is 1. The van der Waals surface area contributed by atoms with Crippen LogP contribution in [0.5, 0.6) is 0 Å². The van der Waals surface area contributed by atoms with Gasteiger partial charge in [0.25, 0.3) is 0 Å². The van der Waals surface area contributed by atoms with Gasteiger partial charge in [0.15, 0.2) is 5.79 Å². The third-order valence-corrected chi connectivity index (χ3v) is 8.49. The third-order valence-electron chi connectivity index (χ3n) is 6.13. The highest BCUT2D eigenvalue weighted by Gasteiger charge is 2.72. The Hall–Kier alpha value is -0.680. The number of hydrogen-bond donors (Lipinski definition) is 0. The summed E-state index contributed by atoms with van der Waals surface area (Å²) in [7, 11) is 0. The summed E-state index contributed by atoms with van der Waals surface area (Å²) in [5.74, 6) is 0.824. The van der Waals surface area contributed by atoms with E-state index in [1.54, 1.807) is 0 Å². The summed E-state index contributed by atoms with van der Waals surface area (Å²) in [6.07, 6.45) is 3.98. The Morgan fingerprint density at radius 1 is 0.731 bits per heavy atom. The normalized spacial score (nSPS) is 33.3. The number of rotatable bonds is 4. The fourth-order valence-electron chi connectivity index (χ4n) is 4.73. The smallest absolute Gasteiger partial charge is 0.170 e. The van der Waals surface area contributed by atoms with Crippen molar-refractivity contribution in [2.75, 3.05) is 0 Å². The minimum Gasteiger partial charge on any atom is -0.344 e. The van der Waals surface area contributed by atoms with Crippen molar-refractivity contribution in [2.45, 2.75) is 46.9 Å². The number of ether oxygens (including phenoxy) is 2. The van der Waals surface area contributed by atoms with Crippen LogP contribution in [-0.2, 0) is 22.3 Å². The lowest BCUT2D eigenvalue weighted by atomic mass is 9.99. The van der Waals surface area contributed by atoms with E-state index >= 15 is 0 Å². The van der Waals surface area contributed by atoms with E-state index in [-0.39, 0.29) is 21.2 Å². The van der Waals surface area contributed by atoms with Crippen LogP contribution < -0.4 is 0 Å². The Kier molecular flexibility index (Phi) is 4.31. The first-order valence-corrected chi connectivity index (χ1v) is 11.0. The summed E-state index contributed by atoms with van der Waals surface area (Å²) in [6.45, 7) is 0. The van der Waals surface area contributed by atoms with Gasteiger partial charge in [-0.25, -0.2) is 0 Å². The topological polar surface area (TPSA) is 18.5 Å². The molecule has 1 heterocycles. The average Bonchev–Trinajstić information content (AvgIpc) is 2.97. The van der Waals surface area contributed by atoms with Gasteiger partial charge in [-0.1, -0.05) is 92.5 Å². The SMILES string of the molecule is BrC1(Br)[C@@H]2CC3(C[C@@H]21)O[C@H](Cc1ccccc1)[C@@H](Cc1ccccc1)O3. The molecule has 2 aromatic carbocycles. The molecular weight excluding hydrogens is 456 g/mol. The van der Waals surface area contributed by atoms with Crippen LogP contribution in [0, 0.1) is 11.8 Å². The molecule has 3 aliphatic rings. The summed E-state index contributed by atoms with van der Waals surface area (Å²) < 4.78 is 13.4. The van der Waals surface area contributed by atoms with Gasteiger partial charge in [0.1, 0.15) is 0 Å². The fourth-order valence-corrected chi connectivity index (χ4v) is 6.39. The molecule has 0 radical (unpaired) electrons. The van der Waals surface area contributed by atoms with Crippen LogP contribution in [-0.4, -0.2) is 21.2 Å². The lowest BCUT2D eigenvalue weighted by Crippen LogP contribution is -2.31. The average molecular weight is 478 g/mol. The number of alkyl halides is 2. The second-order valence-corrected chi connectivity index (χ2v) is 11.6. The maximum Gasteiger partial charge on any atom is 0.170 e. The molecule has 2 aliphatic carbocycles. The molecule has 136 valence electrons.